The summed E-state index contributed by atoms with van der Waals surface area (Å²) in [5.74, 6) is -1.11. The quantitative estimate of drug-likeness (QED) is 0.234. The van der Waals surface area contributed by atoms with E-state index in [0.717, 1.165) is 73.5 Å². The molecule has 9 heteroatoms. The van der Waals surface area contributed by atoms with Crippen LogP contribution in [0.25, 0.3) is 10.9 Å². The average molecular weight is 657 g/mol. The first kappa shape index (κ1) is 34.0. The second-order valence-corrected chi connectivity index (χ2v) is 15.1. The number of fused-ring (bicyclic) bond motifs is 1. The van der Waals surface area contributed by atoms with Crippen LogP contribution in [0.5, 0.6) is 0 Å². The van der Waals surface area contributed by atoms with Gasteiger partial charge in [0.25, 0.3) is 0 Å². The molecule has 9 nitrogen and oxygen atoms in total. The van der Waals surface area contributed by atoms with Crippen LogP contribution in [-0.4, -0.2) is 70.7 Å². The van der Waals surface area contributed by atoms with Gasteiger partial charge in [-0.15, -0.1) is 0 Å². The van der Waals surface area contributed by atoms with Crippen molar-refractivity contribution in [3.8, 4) is 0 Å². The third kappa shape index (κ3) is 7.72. The Kier molecular flexibility index (Phi) is 10.2. The van der Waals surface area contributed by atoms with Crippen molar-refractivity contribution in [3.05, 3.63) is 71.9 Å². The molecular weight excluding hydrogens is 604 g/mol. The van der Waals surface area contributed by atoms with E-state index in [1.54, 1.807) is 12.0 Å². The van der Waals surface area contributed by atoms with E-state index in [2.05, 4.69) is 46.4 Å². The zero-order valence-electron chi connectivity index (χ0n) is 29.1. The smallest absolute Gasteiger partial charge is 0.410 e. The number of hydrogen-bond acceptors (Lipinski definition) is 5. The van der Waals surface area contributed by atoms with Crippen LogP contribution in [0, 0.1) is 11.8 Å². The van der Waals surface area contributed by atoms with E-state index in [1.165, 1.54) is 0 Å². The number of piperidine rings is 1. The van der Waals surface area contributed by atoms with Crippen LogP contribution in [0.1, 0.15) is 83.3 Å². The molecule has 0 spiro atoms. The van der Waals surface area contributed by atoms with Gasteiger partial charge in [0, 0.05) is 63.0 Å². The number of rotatable bonds is 11. The van der Waals surface area contributed by atoms with E-state index in [1.807, 2.05) is 49.9 Å². The number of ether oxygens (including phenoxy) is 2. The maximum Gasteiger partial charge on any atom is 0.410 e. The summed E-state index contributed by atoms with van der Waals surface area (Å²) >= 11 is 0. The van der Waals surface area contributed by atoms with Gasteiger partial charge in [-0.2, -0.15) is 0 Å². The lowest BCUT2D eigenvalue weighted by Crippen LogP contribution is -2.55. The lowest BCUT2D eigenvalue weighted by molar-refractivity contribution is -0.141. The van der Waals surface area contributed by atoms with Crippen LogP contribution < -0.4 is 5.32 Å². The molecule has 0 radical (unpaired) electrons. The molecule has 0 bridgehead atoms. The predicted octanol–water partition coefficient (Wildman–Crippen LogP) is 6.63. The normalized spacial score (nSPS) is 20.9. The minimum atomic E-state index is -0.690. The summed E-state index contributed by atoms with van der Waals surface area (Å²) < 4.78 is 13.3. The van der Waals surface area contributed by atoms with E-state index in [9.17, 15) is 14.4 Å². The van der Waals surface area contributed by atoms with Gasteiger partial charge in [0.15, 0.2) is 0 Å². The average Bonchev–Trinajstić information content (AvgIpc) is 3.71. The molecule has 1 aliphatic heterocycles. The molecule has 2 aliphatic carbocycles. The van der Waals surface area contributed by atoms with Crippen LogP contribution in [0.4, 0.5) is 4.79 Å². The highest BCUT2D eigenvalue weighted by molar-refractivity contribution is 5.87. The standard InChI is InChI=1S/C39H52N4O5/c1-38(2,3)48-37(46)42-24-28(35(44)40-39(19-10-11-20-39)31-13-6-5-7-14-31)23-29(25-42)36(45)43(32-17-18-32)27-30-26-41(21-12-22-47-4)34-16-9-8-15-33(30)34/h5-9,13-16,26,28-29,32H,10-12,17-25,27H2,1-4H3,(H,40,44)/t28-,29+/m0/s1. The molecule has 3 aliphatic rings. The third-order valence-corrected chi connectivity index (χ3v) is 10.2. The molecule has 2 heterocycles. The van der Waals surface area contributed by atoms with Gasteiger partial charge >= 0.3 is 6.09 Å². The van der Waals surface area contributed by atoms with Gasteiger partial charge in [-0.05, 0) is 76.5 Å². The summed E-state index contributed by atoms with van der Waals surface area (Å²) in [6, 6.07) is 18.7. The van der Waals surface area contributed by atoms with Gasteiger partial charge < -0.3 is 29.2 Å². The maximum atomic E-state index is 14.6. The zero-order valence-corrected chi connectivity index (χ0v) is 29.1. The first-order valence-electron chi connectivity index (χ1n) is 17.8. The Morgan fingerprint density at radius 3 is 2.33 bits per heavy atom. The van der Waals surface area contributed by atoms with Gasteiger partial charge in [-0.25, -0.2) is 4.79 Å². The van der Waals surface area contributed by atoms with Crippen LogP contribution >= 0.6 is 0 Å². The highest BCUT2D eigenvalue weighted by atomic mass is 16.6. The number of carbonyl (C=O) groups excluding carboxylic acids is 3. The fourth-order valence-electron chi connectivity index (χ4n) is 7.71. The van der Waals surface area contributed by atoms with Crippen LogP contribution in [-0.2, 0) is 37.7 Å². The Morgan fingerprint density at radius 1 is 0.958 bits per heavy atom. The van der Waals surface area contributed by atoms with Crippen molar-refractivity contribution in [2.24, 2.45) is 11.8 Å². The van der Waals surface area contributed by atoms with Gasteiger partial charge in [0.1, 0.15) is 5.60 Å². The number of carbonyl (C=O) groups is 3. The first-order chi connectivity index (χ1) is 23.1. The van der Waals surface area contributed by atoms with Crippen LogP contribution in [0.3, 0.4) is 0 Å². The molecule has 2 atom stereocenters. The number of nitrogens with one attached hydrogen (secondary N) is 1. The predicted molar refractivity (Wildman–Crippen MR) is 186 cm³/mol. The molecule has 258 valence electrons. The number of benzene rings is 2. The molecule has 2 saturated carbocycles. The summed E-state index contributed by atoms with van der Waals surface area (Å²) in [6.07, 6.45) is 8.77. The molecule has 1 aromatic heterocycles. The van der Waals surface area contributed by atoms with Crippen LogP contribution in [0.15, 0.2) is 60.8 Å². The lowest BCUT2D eigenvalue weighted by Gasteiger charge is -2.40. The summed E-state index contributed by atoms with van der Waals surface area (Å²) in [5, 5.41) is 4.59. The first-order valence-corrected chi connectivity index (χ1v) is 17.8. The molecule has 2 aromatic carbocycles. The highest BCUT2D eigenvalue weighted by Crippen LogP contribution is 2.40. The summed E-state index contributed by atoms with van der Waals surface area (Å²) in [5.41, 5.74) is 2.26. The van der Waals surface area contributed by atoms with Gasteiger partial charge in [-0.3, -0.25) is 9.59 Å². The van der Waals surface area contributed by atoms with Crippen molar-refractivity contribution in [1.82, 2.24) is 19.7 Å². The number of likely N-dealkylation sites (tertiary alicyclic amines) is 1. The third-order valence-electron chi connectivity index (χ3n) is 10.2. The molecule has 1 N–H and O–H groups in total. The fourth-order valence-corrected chi connectivity index (χ4v) is 7.71. The topological polar surface area (TPSA) is 93.1 Å². The minimum absolute atomic E-state index is 0.0124. The largest absolute Gasteiger partial charge is 0.444 e. The second kappa shape index (κ2) is 14.3. The molecule has 1 saturated heterocycles. The number of aryl methyl sites for hydroxylation is 1. The van der Waals surface area contributed by atoms with Crippen molar-refractivity contribution in [2.45, 2.75) is 102 Å². The Bertz CT molecular complexity index is 1580. The van der Waals surface area contributed by atoms with Crippen molar-refractivity contribution in [1.29, 1.82) is 0 Å². The molecule has 0 unspecified atom stereocenters. The van der Waals surface area contributed by atoms with E-state index in [-0.39, 0.29) is 30.9 Å². The number of hydrogen-bond donors (Lipinski definition) is 1. The molecule has 6 rings (SSSR count). The lowest BCUT2D eigenvalue weighted by atomic mass is 9.84. The molecule has 3 aromatic rings. The summed E-state index contributed by atoms with van der Waals surface area (Å²) in [4.78, 5) is 45.9. The van der Waals surface area contributed by atoms with Crippen molar-refractivity contribution in [3.63, 3.8) is 0 Å². The zero-order chi connectivity index (χ0) is 33.9. The number of nitrogens with zero attached hydrogens (tertiary/aromatic N) is 3. The summed E-state index contributed by atoms with van der Waals surface area (Å²) in [7, 11) is 1.72. The second-order valence-electron chi connectivity index (χ2n) is 15.1. The number of para-hydroxylation sites is 1. The Morgan fingerprint density at radius 2 is 1.65 bits per heavy atom. The molecule has 48 heavy (non-hydrogen) atoms. The number of aromatic nitrogens is 1. The summed E-state index contributed by atoms with van der Waals surface area (Å²) in [6.45, 7) is 8.01. The van der Waals surface area contributed by atoms with E-state index < -0.39 is 29.1 Å². The van der Waals surface area contributed by atoms with E-state index in [0.29, 0.717) is 19.6 Å². The molecular formula is C39H52N4O5. The monoisotopic (exact) mass is 656 g/mol. The van der Waals surface area contributed by atoms with Crippen molar-refractivity contribution >= 4 is 28.8 Å². The Labute approximate surface area is 284 Å². The van der Waals surface area contributed by atoms with Gasteiger partial charge in [0.05, 0.1) is 17.4 Å². The molecule has 3 amide bonds. The fraction of sp³-hybridized carbons (Fsp3) is 0.564. The number of amides is 3. The number of methoxy groups -OCH3 is 1. The van der Waals surface area contributed by atoms with Gasteiger partial charge in [0.2, 0.25) is 11.8 Å². The molecule has 3 fully saturated rings. The van der Waals surface area contributed by atoms with Crippen molar-refractivity contribution < 1.29 is 23.9 Å². The highest BCUT2D eigenvalue weighted by Gasteiger charge is 2.45. The Hall–Kier alpha value is -3.85. The van der Waals surface area contributed by atoms with Crippen LogP contribution in [0.2, 0.25) is 0 Å². The van der Waals surface area contributed by atoms with E-state index >= 15 is 0 Å². The van der Waals surface area contributed by atoms with Crippen molar-refractivity contribution in [2.75, 3.05) is 26.8 Å². The van der Waals surface area contributed by atoms with Gasteiger partial charge in [-0.1, -0.05) is 61.4 Å². The minimum Gasteiger partial charge on any atom is -0.444 e. The maximum absolute atomic E-state index is 14.6. The Balaban J connectivity index is 1.25. The van der Waals surface area contributed by atoms with E-state index in [4.69, 9.17) is 9.47 Å². The SMILES string of the molecule is COCCCn1cc(CN(C(=O)[C@@H]2C[C@H](C(=O)NC3(c4ccccc4)CCCC3)CN(C(=O)OC(C)(C)C)C2)C2CC2)c2ccccc21.